The van der Waals surface area contributed by atoms with Gasteiger partial charge in [0.1, 0.15) is 5.75 Å². The van der Waals surface area contributed by atoms with Gasteiger partial charge in [0.25, 0.3) is 5.91 Å². The maximum atomic E-state index is 13.8. The second kappa shape index (κ2) is 18.7. The third-order valence-corrected chi connectivity index (χ3v) is 12.0. The van der Waals surface area contributed by atoms with E-state index in [1.165, 1.54) is 44.2 Å². The van der Waals surface area contributed by atoms with Crippen molar-refractivity contribution < 1.29 is 22.7 Å². The van der Waals surface area contributed by atoms with Crippen LogP contribution in [0.3, 0.4) is 0 Å². The zero-order valence-corrected chi connectivity index (χ0v) is 32.2. The highest BCUT2D eigenvalue weighted by atomic mass is 32.2. The molecule has 2 saturated heterocycles. The molecule has 0 aromatic heterocycles. The first-order chi connectivity index (χ1) is 26.1. The maximum Gasteiger partial charge on any atom is 0.253 e. The van der Waals surface area contributed by atoms with E-state index in [2.05, 4.69) is 11.4 Å². The molecule has 0 radical (unpaired) electrons. The van der Waals surface area contributed by atoms with Gasteiger partial charge >= 0.3 is 0 Å². The summed E-state index contributed by atoms with van der Waals surface area (Å²) in [5.41, 5.74) is 5.40. The molecule has 286 valence electrons. The molecule has 0 atom stereocenters. The summed E-state index contributed by atoms with van der Waals surface area (Å²) in [7, 11) is -2.18. The fourth-order valence-corrected chi connectivity index (χ4v) is 8.32. The molecule has 4 aromatic rings. The lowest BCUT2D eigenvalue weighted by atomic mass is 9.87. The van der Waals surface area contributed by atoms with E-state index >= 15 is 0 Å². The third kappa shape index (κ3) is 11.0. The Morgan fingerprint density at radius 2 is 1.43 bits per heavy atom. The Bertz CT molecular complexity index is 1950. The lowest BCUT2D eigenvalue weighted by molar-refractivity contribution is -0.131. The Labute approximate surface area is 320 Å². The molecule has 2 aliphatic heterocycles. The molecule has 2 heterocycles. The topological polar surface area (TPSA) is 122 Å². The van der Waals surface area contributed by atoms with Gasteiger partial charge in [0.15, 0.2) is 0 Å². The van der Waals surface area contributed by atoms with Gasteiger partial charge in [-0.05, 0) is 127 Å². The molecule has 4 aromatic carbocycles. The van der Waals surface area contributed by atoms with Crippen LogP contribution in [0.4, 0.5) is 0 Å². The number of rotatable bonds is 15. The minimum absolute atomic E-state index is 0.0233. The number of benzene rings is 4. The Hall–Kier alpha value is -4.51. The van der Waals surface area contributed by atoms with Crippen molar-refractivity contribution in [1.82, 2.24) is 15.1 Å². The first kappa shape index (κ1) is 39.2. The summed E-state index contributed by atoms with van der Waals surface area (Å²) in [6.07, 6.45) is 9.46. The Morgan fingerprint density at radius 1 is 0.796 bits per heavy atom. The number of methoxy groups -OCH3 is 1. The molecule has 2 aliphatic rings. The maximum absolute atomic E-state index is 13.8. The summed E-state index contributed by atoms with van der Waals surface area (Å²) in [6, 6.07) is 30.0. The quantitative estimate of drug-likeness (QED) is 0.137. The number of nitrogens with two attached hydrogens (primary N) is 1. The van der Waals surface area contributed by atoms with Gasteiger partial charge in [0.05, 0.1) is 18.4 Å². The zero-order valence-electron chi connectivity index (χ0n) is 31.4. The van der Waals surface area contributed by atoms with E-state index in [0.717, 1.165) is 78.5 Å². The van der Waals surface area contributed by atoms with Gasteiger partial charge in [0, 0.05) is 31.7 Å². The lowest BCUT2D eigenvalue weighted by Gasteiger charge is -2.32. The summed E-state index contributed by atoms with van der Waals surface area (Å²) in [5, 5.41) is 8.75. The summed E-state index contributed by atoms with van der Waals surface area (Å²) in [4.78, 5) is 31.4. The Balaban J connectivity index is 1.10. The normalized spacial score (nSPS) is 15.6. The van der Waals surface area contributed by atoms with Crippen molar-refractivity contribution in [2.24, 2.45) is 17.0 Å². The number of carbonyl (C=O) groups is 2. The van der Waals surface area contributed by atoms with Gasteiger partial charge in [-0.3, -0.25) is 9.59 Å². The van der Waals surface area contributed by atoms with Crippen LogP contribution in [-0.2, 0) is 34.2 Å². The fourth-order valence-electron chi connectivity index (χ4n) is 7.81. The number of nitrogens with zero attached hydrogens (tertiary/aromatic N) is 2. The van der Waals surface area contributed by atoms with Gasteiger partial charge in [0.2, 0.25) is 15.9 Å². The highest BCUT2D eigenvalue weighted by molar-refractivity contribution is 7.89. The van der Waals surface area contributed by atoms with Gasteiger partial charge in [-0.15, -0.1) is 0 Å². The molecule has 9 nitrogen and oxygen atoms in total. The van der Waals surface area contributed by atoms with E-state index in [9.17, 15) is 18.0 Å². The average Bonchev–Trinajstić information content (AvgIpc) is 3.20. The molecule has 0 bridgehead atoms. The van der Waals surface area contributed by atoms with E-state index < -0.39 is 10.0 Å². The number of likely N-dealkylation sites (tertiary alicyclic amines) is 1. The summed E-state index contributed by atoms with van der Waals surface area (Å²) < 4.78 is 28.8. The molecule has 0 unspecified atom stereocenters. The van der Waals surface area contributed by atoms with Crippen LogP contribution in [0.15, 0.2) is 102 Å². The van der Waals surface area contributed by atoms with E-state index in [0.29, 0.717) is 31.0 Å². The number of sulfonamides is 1. The fraction of sp³-hybridized carbons (Fsp3) is 0.409. The standard InChI is InChI=1S/C44H54N4O5S/c1-53-41-15-11-36(12-16-41)30-43(49)48(28-23-35-13-17-42(18-14-35)54(45,51)52)32-37-7-3-8-38(29-37)39-9-4-10-40(31-39)44(50)47-26-21-34(22-27-47)6-2-5-33-19-24-46-25-20-33/h3-4,7-18,29,31,33-34,46H,2,5-6,19-28,30,32H2,1H3,(H2,45,51,52). The minimum Gasteiger partial charge on any atom is -0.497 e. The molecule has 2 amide bonds. The first-order valence-corrected chi connectivity index (χ1v) is 20.9. The van der Waals surface area contributed by atoms with E-state index in [-0.39, 0.29) is 23.1 Å². The van der Waals surface area contributed by atoms with Crippen LogP contribution in [0.1, 0.15) is 72.0 Å². The second-order valence-corrected chi connectivity index (χ2v) is 16.5. The molecule has 0 spiro atoms. The Morgan fingerprint density at radius 3 is 2.09 bits per heavy atom. The number of amides is 2. The molecule has 3 N–H and O–H groups in total. The number of ether oxygens (including phenoxy) is 1. The largest absolute Gasteiger partial charge is 0.497 e. The highest BCUT2D eigenvalue weighted by Gasteiger charge is 2.24. The van der Waals surface area contributed by atoms with Crippen molar-refractivity contribution in [2.45, 2.75) is 69.2 Å². The van der Waals surface area contributed by atoms with E-state index in [1.54, 1.807) is 19.2 Å². The molecule has 54 heavy (non-hydrogen) atoms. The highest BCUT2D eigenvalue weighted by Crippen LogP contribution is 2.28. The van der Waals surface area contributed by atoms with Crippen LogP contribution in [-0.4, -0.2) is 69.9 Å². The molecule has 0 saturated carbocycles. The molecule has 10 heteroatoms. The van der Waals surface area contributed by atoms with Gasteiger partial charge in [-0.1, -0.05) is 73.9 Å². The summed E-state index contributed by atoms with van der Waals surface area (Å²) >= 11 is 0. The Kier molecular flexibility index (Phi) is 13.6. The summed E-state index contributed by atoms with van der Waals surface area (Å²) in [5.74, 6) is 2.39. The molecule has 2 fully saturated rings. The van der Waals surface area contributed by atoms with Crippen molar-refractivity contribution in [2.75, 3.05) is 39.8 Å². The molecule has 0 aliphatic carbocycles. The van der Waals surface area contributed by atoms with Crippen LogP contribution < -0.4 is 15.2 Å². The number of carbonyl (C=O) groups excluding carboxylic acids is 2. The number of nitrogens with one attached hydrogen (secondary N) is 1. The number of piperidine rings is 2. The molecule has 6 rings (SSSR count). The van der Waals surface area contributed by atoms with Crippen molar-refractivity contribution in [3.63, 3.8) is 0 Å². The molecular weight excluding hydrogens is 697 g/mol. The lowest BCUT2D eigenvalue weighted by Crippen LogP contribution is -2.38. The van der Waals surface area contributed by atoms with Crippen LogP contribution in [0.2, 0.25) is 0 Å². The minimum atomic E-state index is -3.79. The zero-order chi connectivity index (χ0) is 37.9. The smallest absolute Gasteiger partial charge is 0.253 e. The SMILES string of the molecule is COc1ccc(CC(=O)N(CCc2ccc(S(N)(=O)=O)cc2)Cc2cccc(-c3cccc(C(=O)N4CCC(CCCC5CCNCC5)CC4)c3)c2)cc1. The van der Waals surface area contributed by atoms with Crippen molar-refractivity contribution in [3.05, 3.63) is 119 Å². The first-order valence-electron chi connectivity index (χ1n) is 19.4. The van der Waals surface area contributed by atoms with E-state index in [1.807, 2.05) is 76.5 Å². The monoisotopic (exact) mass is 750 g/mol. The predicted molar refractivity (Wildman–Crippen MR) is 214 cm³/mol. The second-order valence-electron chi connectivity index (χ2n) is 14.9. The van der Waals surface area contributed by atoms with Crippen molar-refractivity contribution in [3.8, 4) is 16.9 Å². The van der Waals surface area contributed by atoms with Crippen LogP contribution in [0, 0.1) is 11.8 Å². The van der Waals surface area contributed by atoms with Crippen molar-refractivity contribution in [1.29, 1.82) is 0 Å². The summed E-state index contributed by atoms with van der Waals surface area (Å²) in [6.45, 7) is 4.78. The van der Waals surface area contributed by atoms with Gasteiger partial charge < -0.3 is 19.9 Å². The van der Waals surface area contributed by atoms with Crippen molar-refractivity contribution >= 4 is 21.8 Å². The van der Waals surface area contributed by atoms with Gasteiger partial charge in [-0.2, -0.15) is 0 Å². The average molecular weight is 751 g/mol. The van der Waals surface area contributed by atoms with Crippen LogP contribution >= 0.6 is 0 Å². The number of hydrogen-bond donors (Lipinski definition) is 2. The van der Waals surface area contributed by atoms with Crippen LogP contribution in [0.5, 0.6) is 5.75 Å². The predicted octanol–water partition coefficient (Wildman–Crippen LogP) is 6.85. The van der Waals surface area contributed by atoms with Crippen LogP contribution in [0.25, 0.3) is 11.1 Å². The molecular formula is C44H54N4O5S. The van der Waals surface area contributed by atoms with E-state index in [4.69, 9.17) is 9.88 Å². The number of primary sulfonamides is 1. The third-order valence-electron chi connectivity index (χ3n) is 11.1. The van der Waals surface area contributed by atoms with Gasteiger partial charge in [-0.25, -0.2) is 13.6 Å². The number of hydrogen-bond acceptors (Lipinski definition) is 6.